The summed E-state index contributed by atoms with van der Waals surface area (Å²) in [5, 5.41) is 0. The molecule has 3 rings (SSSR count). The van der Waals surface area contributed by atoms with Crippen molar-refractivity contribution in [2.45, 2.75) is 18.1 Å². The molecule has 0 spiro atoms. The van der Waals surface area contributed by atoms with Gasteiger partial charge in [0.25, 0.3) is 10.0 Å². The quantitative estimate of drug-likeness (QED) is 0.854. The standard InChI is InChI=1S/C13H14N2O3S2/c1-9-8-10(2)19-13(9)20(16,17)15-6-7-18-12-11(15)4-3-5-14-12/h3-5,8H,6-7H2,1-2H3. The van der Waals surface area contributed by atoms with Crippen LogP contribution >= 0.6 is 11.3 Å². The van der Waals surface area contributed by atoms with E-state index < -0.39 is 10.0 Å². The SMILES string of the molecule is Cc1cc(C)c(S(=O)(=O)N2CCOc3ncccc32)s1. The number of sulfonamides is 1. The van der Waals surface area contributed by atoms with Crippen molar-refractivity contribution in [3.63, 3.8) is 0 Å². The first-order valence-corrected chi connectivity index (χ1v) is 8.43. The topological polar surface area (TPSA) is 59.5 Å². The van der Waals surface area contributed by atoms with E-state index in [-0.39, 0.29) is 0 Å². The van der Waals surface area contributed by atoms with E-state index in [9.17, 15) is 8.42 Å². The summed E-state index contributed by atoms with van der Waals surface area (Å²) in [6.45, 7) is 4.34. The second-order valence-electron chi connectivity index (χ2n) is 4.58. The van der Waals surface area contributed by atoms with Gasteiger partial charge in [-0.3, -0.25) is 4.31 Å². The average Bonchev–Trinajstić information content (AvgIpc) is 2.78. The van der Waals surface area contributed by atoms with Crippen molar-refractivity contribution in [2.75, 3.05) is 17.5 Å². The summed E-state index contributed by atoms with van der Waals surface area (Å²) in [5.41, 5.74) is 1.29. The largest absolute Gasteiger partial charge is 0.474 e. The molecule has 0 aliphatic carbocycles. The summed E-state index contributed by atoms with van der Waals surface area (Å²) in [5.74, 6) is 0.369. The van der Waals surface area contributed by atoms with Crippen molar-refractivity contribution in [3.8, 4) is 5.88 Å². The van der Waals surface area contributed by atoms with Gasteiger partial charge in [-0.15, -0.1) is 11.3 Å². The normalized spacial score (nSPS) is 14.8. The molecule has 1 aliphatic heterocycles. The number of pyridine rings is 1. The summed E-state index contributed by atoms with van der Waals surface area (Å²) in [4.78, 5) is 5.07. The summed E-state index contributed by atoms with van der Waals surface area (Å²) in [6.07, 6.45) is 1.59. The predicted molar refractivity (Wildman–Crippen MR) is 78.1 cm³/mol. The lowest BCUT2D eigenvalue weighted by Gasteiger charge is -2.29. The van der Waals surface area contributed by atoms with Crippen molar-refractivity contribution >= 4 is 27.0 Å². The lowest BCUT2D eigenvalue weighted by Crippen LogP contribution is -2.38. The number of hydrogen-bond acceptors (Lipinski definition) is 5. The molecule has 3 heterocycles. The van der Waals surface area contributed by atoms with Crippen LogP contribution in [0.5, 0.6) is 5.88 Å². The van der Waals surface area contributed by atoms with E-state index in [2.05, 4.69) is 4.98 Å². The lowest BCUT2D eigenvalue weighted by molar-refractivity contribution is 0.303. The fourth-order valence-corrected chi connectivity index (χ4v) is 5.47. The Bertz CT molecular complexity index is 753. The lowest BCUT2D eigenvalue weighted by atomic mass is 10.3. The molecule has 0 atom stereocenters. The minimum absolute atomic E-state index is 0.303. The third-order valence-electron chi connectivity index (χ3n) is 3.07. The van der Waals surface area contributed by atoms with Gasteiger partial charge in [-0.1, -0.05) is 0 Å². The molecular weight excluding hydrogens is 296 g/mol. The first-order valence-electron chi connectivity index (χ1n) is 6.18. The Morgan fingerprint density at radius 3 is 2.90 bits per heavy atom. The van der Waals surface area contributed by atoms with E-state index in [1.54, 1.807) is 18.3 Å². The third-order valence-corrected chi connectivity index (χ3v) is 6.65. The predicted octanol–water partition coefficient (Wildman–Crippen LogP) is 2.35. The molecule has 106 valence electrons. The zero-order chi connectivity index (χ0) is 14.3. The molecule has 2 aromatic heterocycles. The highest BCUT2D eigenvalue weighted by molar-refractivity contribution is 7.94. The van der Waals surface area contributed by atoms with Crippen LogP contribution in [0.3, 0.4) is 0 Å². The summed E-state index contributed by atoms with van der Waals surface area (Å²) in [7, 11) is -3.55. The van der Waals surface area contributed by atoms with Gasteiger partial charge in [0, 0.05) is 11.1 Å². The Labute approximate surface area is 121 Å². The highest BCUT2D eigenvalue weighted by Gasteiger charge is 2.32. The highest BCUT2D eigenvalue weighted by Crippen LogP contribution is 2.36. The molecule has 0 unspecified atom stereocenters. The van der Waals surface area contributed by atoms with Crippen molar-refractivity contribution in [1.29, 1.82) is 0 Å². The van der Waals surface area contributed by atoms with Crippen molar-refractivity contribution in [3.05, 3.63) is 34.8 Å². The number of hydrogen-bond donors (Lipinski definition) is 0. The van der Waals surface area contributed by atoms with Gasteiger partial charge in [-0.05, 0) is 37.6 Å². The molecule has 1 aliphatic rings. The van der Waals surface area contributed by atoms with E-state index in [1.165, 1.54) is 15.6 Å². The molecular formula is C13H14N2O3S2. The second-order valence-corrected chi connectivity index (χ2v) is 7.89. The Morgan fingerprint density at radius 2 is 2.20 bits per heavy atom. The van der Waals surface area contributed by atoms with Gasteiger partial charge in [0.2, 0.25) is 5.88 Å². The molecule has 0 bridgehead atoms. The van der Waals surface area contributed by atoms with Gasteiger partial charge in [0.05, 0.1) is 6.54 Å². The molecule has 20 heavy (non-hydrogen) atoms. The summed E-state index contributed by atoms with van der Waals surface area (Å²) >= 11 is 1.30. The number of nitrogens with zero attached hydrogens (tertiary/aromatic N) is 2. The number of anilines is 1. The van der Waals surface area contributed by atoms with Gasteiger partial charge in [-0.2, -0.15) is 0 Å². The van der Waals surface area contributed by atoms with E-state index in [0.29, 0.717) is 28.9 Å². The van der Waals surface area contributed by atoms with Crippen LogP contribution in [-0.2, 0) is 10.0 Å². The minimum atomic E-state index is -3.55. The van der Waals surface area contributed by atoms with Gasteiger partial charge >= 0.3 is 0 Å². The van der Waals surface area contributed by atoms with E-state index in [4.69, 9.17) is 4.74 Å². The van der Waals surface area contributed by atoms with Crippen LogP contribution in [-0.4, -0.2) is 26.6 Å². The minimum Gasteiger partial charge on any atom is -0.474 e. The fourth-order valence-electron chi connectivity index (χ4n) is 2.25. The first kappa shape index (κ1) is 13.4. The van der Waals surface area contributed by atoms with Gasteiger partial charge in [0.1, 0.15) is 16.5 Å². The molecule has 0 saturated carbocycles. The Balaban J connectivity index is 2.12. The number of fused-ring (bicyclic) bond motifs is 1. The van der Waals surface area contributed by atoms with Crippen molar-refractivity contribution < 1.29 is 13.2 Å². The number of ether oxygens (including phenoxy) is 1. The van der Waals surface area contributed by atoms with Crippen LogP contribution in [0.4, 0.5) is 5.69 Å². The fraction of sp³-hybridized carbons (Fsp3) is 0.308. The second kappa shape index (κ2) is 4.75. The highest BCUT2D eigenvalue weighted by atomic mass is 32.2. The molecule has 0 amide bonds. The van der Waals surface area contributed by atoms with Crippen LogP contribution in [0.15, 0.2) is 28.6 Å². The molecule has 5 nitrogen and oxygen atoms in total. The molecule has 0 radical (unpaired) electrons. The van der Waals surface area contributed by atoms with Crippen LogP contribution in [0.1, 0.15) is 10.4 Å². The summed E-state index contributed by atoms with van der Waals surface area (Å²) < 4.78 is 32.9. The molecule has 0 fully saturated rings. The molecule has 0 saturated heterocycles. The van der Waals surface area contributed by atoms with Crippen molar-refractivity contribution in [1.82, 2.24) is 4.98 Å². The molecule has 0 aromatic carbocycles. The molecule has 7 heteroatoms. The van der Waals surface area contributed by atoms with Gasteiger partial charge in [0.15, 0.2) is 0 Å². The monoisotopic (exact) mass is 310 g/mol. The zero-order valence-corrected chi connectivity index (χ0v) is 12.8. The Hall–Kier alpha value is -1.60. The Kier molecular flexibility index (Phi) is 3.18. The smallest absolute Gasteiger partial charge is 0.274 e. The van der Waals surface area contributed by atoms with E-state index >= 15 is 0 Å². The number of rotatable bonds is 2. The maximum absolute atomic E-state index is 12.8. The van der Waals surface area contributed by atoms with E-state index in [1.807, 2.05) is 19.9 Å². The number of aromatic nitrogens is 1. The molecule has 0 N–H and O–H groups in total. The Morgan fingerprint density at radius 1 is 1.40 bits per heavy atom. The maximum Gasteiger partial charge on any atom is 0.274 e. The van der Waals surface area contributed by atoms with Crippen LogP contribution in [0, 0.1) is 13.8 Å². The van der Waals surface area contributed by atoms with Crippen LogP contribution in [0.25, 0.3) is 0 Å². The zero-order valence-electron chi connectivity index (χ0n) is 11.2. The summed E-state index contributed by atoms with van der Waals surface area (Å²) in [6, 6.07) is 5.32. The van der Waals surface area contributed by atoms with Gasteiger partial charge < -0.3 is 4.74 Å². The van der Waals surface area contributed by atoms with Gasteiger partial charge in [-0.25, -0.2) is 13.4 Å². The van der Waals surface area contributed by atoms with Crippen LogP contribution < -0.4 is 9.04 Å². The molecule has 2 aromatic rings. The van der Waals surface area contributed by atoms with Crippen molar-refractivity contribution in [2.24, 2.45) is 0 Å². The van der Waals surface area contributed by atoms with Crippen LogP contribution in [0.2, 0.25) is 0 Å². The third kappa shape index (κ3) is 2.06. The number of thiophene rings is 1. The van der Waals surface area contributed by atoms with E-state index in [0.717, 1.165) is 10.4 Å². The average molecular weight is 310 g/mol. The number of aryl methyl sites for hydroxylation is 2. The maximum atomic E-state index is 12.8. The first-order chi connectivity index (χ1) is 9.50.